The smallest absolute Gasteiger partial charge is 0.129 e. The minimum atomic E-state index is 0.533. The Hall–Kier alpha value is -1.38. The van der Waals surface area contributed by atoms with Gasteiger partial charge in [0.2, 0.25) is 0 Å². The van der Waals surface area contributed by atoms with E-state index < -0.39 is 0 Å². The van der Waals surface area contributed by atoms with Gasteiger partial charge in [-0.2, -0.15) is 0 Å². The molecule has 0 atom stereocenters. The fourth-order valence-electron chi connectivity index (χ4n) is 1.79. The molecule has 0 aliphatic carbocycles. The van der Waals surface area contributed by atoms with Crippen molar-refractivity contribution in [2.75, 3.05) is 0 Å². The molecule has 0 amide bonds. The molecule has 78 valence electrons. The third-order valence-corrected chi connectivity index (χ3v) is 3.69. The Labute approximate surface area is 102 Å². The summed E-state index contributed by atoms with van der Waals surface area (Å²) in [5.74, 6) is 0. The monoisotopic (exact) mass is 245 g/mol. The third kappa shape index (κ3) is 1.60. The first-order valence-corrected chi connectivity index (χ1v) is 6.18. The SMILES string of the molecule is Clc1cc(-c2cccc3ccsc23)ccn1. The minimum absolute atomic E-state index is 0.533. The van der Waals surface area contributed by atoms with Gasteiger partial charge in [-0.05, 0) is 40.1 Å². The lowest BCUT2D eigenvalue weighted by Crippen LogP contribution is -1.80. The maximum Gasteiger partial charge on any atom is 0.129 e. The second kappa shape index (κ2) is 3.89. The summed E-state index contributed by atoms with van der Waals surface area (Å²) in [6.07, 6.45) is 1.74. The fourth-order valence-corrected chi connectivity index (χ4v) is 2.90. The molecule has 1 aromatic carbocycles. The Morgan fingerprint density at radius 2 is 2.06 bits per heavy atom. The zero-order valence-electron chi connectivity index (χ0n) is 8.35. The molecule has 16 heavy (non-hydrogen) atoms. The maximum atomic E-state index is 5.91. The van der Waals surface area contributed by atoms with Crippen LogP contribution < -0.4 is 0 Å². The van der Waals surface area contributed by atoms with Crippen LogP contribution in [-0.2, 0) is 0 Å². The van der Waals surface area contributed by atoms with Gasteiger partial charge in [0.25, 0.3) is 0 Å². The number of hydrogen-bond donors (Lipinski definition) is 0. The summed E-state index contributed by atoms with van der Waals surface area (Å²) in [7, 11) is 0. The first kappa shape index (κ1) is 9.82. The van der Waals surface area contributed by atoms with Crippen molar-refractivity contribution >= 4 is 33.0 Å². The zero-order valence-corrected chi connectivity index (χ0v) is 9.92. The average molecular weight is 246 g/mol. The molecule has 3 aromatic rings. The summed E-state index contributed by atoms with van der Waals surface area (Å²) >= 11 is 7.66. The maximum absolute atomic E-state index is 5.91. The van der Waals surface area contributed by atoms with Crippen molar-refractivity contribution in [3.63, 3.8) is 0 Å². The molecule has 0 saturated carbocycles. The van der Waals surface area contributed by atoms with Gasteiger partial charge in [0, 0.05) is 10.9 Å². The van der Waals surface area contributed by atoms with Crippen molar-refractivity contribution in [2.24, 2.45) is 0 Å². The van der Waals surface area contributed by atoms with Gasteiger partial charge >= 0.3 is 0 Å². The van der Waals surface area contributed by atoms with Crippen molar-refractivity contribution in [3.8, 4) is 11.1 Å². The largest absolute Gasteiger partial charge is 0.245 e. The van der Waals surface area contributed by atoms with E-state index in [4.69, 9.17) is 11.6 Å². The average Bonchev–Trinajstić information content (AvgIpc) is 2.76. The van der Waals surface area contributed by atoms with Gasteiger partial charge in [-0.3, -0.25) is 0 Å². The molecule has 2 heterocycles. The predicted octanol–water partition coefficient (Wildman–Crippen LogP) is 4.62. The molecule has 0 radical (unpaired) electrons. The Morgan fingerprint density at radius 1 is 1.12 bits per heavy atom. The van der Waals surface area contributed by atoms with E-state index in [1.807, 2.05) is 12.1 Å². The number of fused-ring (bicyclic) bond motifs is 1. The minimum Gasteiger partial charge on any atom is -0.245 e. The standard InChI is InChI=1S/C13H8ClNS/c14-12-8-10(4-6-15-12)11-3-1-2-9-5-7-16-13(9)11/h1-8H. The van der Waals surface area contributed by atoms with Gasteiger partial charge in [-0.1, -0.05) is 29.8 Å². The van der Waals surface area contributed by atoms with Gasteiger partial charge < -0.3 is 0 Å². The van der Waals surface area contributed by atoms with Crippen LogP contribution in [0.15, 0.2) is 48.0 Å². The van der Waals surface area contributed by atoms with E-state index in [1.165, 1.54) is 15.6 Å². The van der Waals surface area contributed by atoms with Crippen molar-refractivity contribution in [1.29, 1.82) is 0 Å². The van der Waals surface area contributed by atoms with Crippen LogP contribution in [0.5, 0.6) is 0 Å². The highest BCUT2D eigenvalue weighted by molar-refractivity contribution is 7.17. The summed E-state index contributed by atoms with van der Waals surface area (Å²) in [6.45, 7) is 0. The second-order valence-electron chi connectivity index (χ2n) is 3.51. The van der Waals surface area contributed by atoms with E-state index in [9.17, 15) is 0 Å². The molecule has 0 N–H and O–H groups in total. The number of aromatic nitrogens is 1. The van der Waals surface area contributed by atoms with Crippen LogP contribution in [0, 0.1) is 0 Å². The third-order valence-electron chi connectivity index (χ3n) is 2.52. The highest BCUT2D eigenvalue weighted by Gasteiger charge is 2.05. The molecule has 3 heteroatoms. The summed E-state index contributed by atoms with van der Waals surface area (Å²) in [4.78, 5) is 4.00. The molecule has 0 unspecified atom stereocenters. The molecule has 0 fully saturated rings. The van der Waals surface area contributed by atoms with E-state index >= 15 is 0 Å². The van der Waals surface area contributed by atoms with Gasteiger partial charge in [0.15, 0.2) is 0 Å². The van der Waals surface area contributed by atoms with Gasteiger partial charge in [-0.25, -0.2) is 4.98 Å². The van der Waals surface area contributed by atoms with E-state index in [2.05, 4.69) is 34.6 Å². The second-order valence-corrected chi connectivity index (χ2v) is 4.82. The normalized spacial score (nSPS) is 10.8. The molecule has 1 nitrogen and oxygen atoms in total. The molecular formula is C13H8ClNS. The van der Waals surface area contributed by atoms with Crippen LogP contribution in [-0.4, -0.2) is 4.98 Å². The highest BCUT2D eigenvalue weighted by Crippen LogP contribution is 2.32. The molecule has 0 bridgehead atoms. The molecule has 0 saturated heterocycles. The quantitative estimate of drug-likeness (QED) is 0.570. The number of thiophene rings is 1. The van der Waals surface area contributed by atoms with Crippen LogP contribution in [0.1, 0.15) is 0 Å². The topological polar surface area (TPSA) is 12.9 Å². The molecular weight excluding hydrogens is 238 g/mol. The van der Waals surface area contributed by atoms with Crippen molar-refractivity contribution in [2.45, 2.75) is 0 Å². The fraction of sp³-hybridized carbons (Fsp3) is 0. The lowest BCUT2D eigenvalue weighted by molar-refractivity contribution is 1.33. The predicted molar refractivity (Wildman–Crippen MR) is 70.1 cm³/mol. The molecule has 2 aromatic heterocycles. The number of benzene rings is 1. The van der Waals surface area contributed by atoms with Crippen molar-refractivity contribution in [3.05, 3.63) is 53.1 Å². The summed E-state index contributed by atoms with van der Waals surface area (Å²) in [6, 6.07) is 12.3. The Balaban J connectivity index is 2.29. The Kier molecular flexibility index (Phi) is 2.39. The number of rotatable bonds is 1. The summed E-state index contributed by atoms with van der Waals surface area (Å²) in [5, 5.41) is 3.92. The van der Waals surface area contributed by atoms with Crippen LogP contribution in [0.2, 0.25) is 5.15 Å². The number of nitrogens with zero attached hydrogens (tertiary/aromatic N) is 1. The van der Waals surface area contributed by atoms with Crippen molar-refractivity contribution < 1.29 is 0 Å². The Morgan fingerprint density at radius 3 is 2.94 bits per heavy atom. The lowest BCUT2D eigenvalue weighted by Gasteiger charge is -2.03. The van der Waals surface area contributed by atoms with Crippen LogP contribution in [0.4, 0.5) is 0 Å². The van der Waals surface area contributed by atoms with E-state index in [0.717, 1.165) is 5.56 Å². The molecule has 0 spiro atoms. The van der Waals surface area contributed by atoms with Gasteiger partial charge in [-0.15, -0.1) is 11.3 Å². The zero-order chi connectivity index (χ0) is 11.0. The van der Waals surface area contributed by atoms with Gasteiger partial charge in [0.05, 0.1) is 0 Å². The van der Waals surface area contributed by atoms with E-state index in [-0.39, 0.29) is 0 Å². The van der Waals surface area contributed by atoms with Crippen LogP contribution >= 0.6 is 22.9 Å². The molecule has 3 rings (SSSR count). The van der Waals surface area contributed by atoms with Crippen LogP contribution in [0.3, 0.4) is 0 Å². The first-order valence-electron chi connectivity index (χ1n) is 4.93. The highest BCUT2D eigenvalue weighted by atomic mass is 35.5. The first-order chi connectivity index (χ1) is 7.84. The molecule has 0 aliphatic heterocycles. The number of halogens is 1. The van der Waals surface area contributed by atoms with E-state index in [0.29, 0.717) is 5.15 Å². The van der Waals surface area contributed by atoms with Gasteiger partial charge in [0.1, 0.15) is 5.15 Å². The van der Waals surface area contributed by atoms with E-state index in [1.54, 1.807) is 17.5 Å². The summed E-state index contributed by atoms with van der Waals surface area (Å²) in [5.41, 5.74) is 2.34. The number of pyridine rings is 1. The number of hydrogen-bond acceptors (Lipinski definition) is 2. The lowest BCUT2D eigenvalue weighted by atomic mass is 10.1. The Bertz CT molecular complexity index is 645. The van der Waals surface area contributed by atoms with Crippen molar-refractivity contribution in [1.82, 2.24) is 4.98 Å². The summed E-state index contributed by atoms with van der Waals surface area (Å²) < 4.78 is 1.30. The molecule has 0 aliphatic rings. The van der Waals surface area contributed by atoms with Crippen LogP contribution in [0.25, 0.3) is 21.2 Å².